The van der Waals surface area contributed by atoms with Crippen molar-refractivity contribution in [2.75, 3.05) is 23.7 Å². The van der Waals surface area contributed by atoms with Crippen LogP contribution in [0.4, 0.5) is 5.69 Å². The number of aryl methyl sites for hydroxylation is 2. The molecule has 188 valence electrons. The summed E-state index contributed by atoms with van der Waals surface area (Å²) in [6.45, 7) is 2.39. The molecule has 6 rings (SSSR count). The summed E-state index contributed by atoms with van der Waals surface area (Å²) in [5.41, 5.74) is 4.67. The minimum Gasteiger partial charge on any atom is -0.355 e. The van der Waals surface area contributed by atoms with Gasteiger partial charge in [0, 0.05) is 6.54 Å². The molecule has 0 aliphatic heterocycles. The summed E-state index contributed by atoms with van der Waals surface area (Å²) in [5.74, 6) is 2.32. The van der Waals surface area contributed by atoms with E-state index in [0.717, 1.165) is 30.6 Å². The Morgan fingerprint density at radius 1 is 0.943 bits per heavy atom. The molecule has 4 fully saturated rings. The van der Waals surface area contributed by atoms with E-state index in [2.05, 4.69) is 48.6 Å². The number of amides is 1. The third kappa shape index (κ3) is 5.42. The number of carbonyl (C=O) groups excluding carboxylic acids is 1. The zero-order valence-corrected chi connectivity index (χ0v) is 21.8. The molecule has 2 aromatic rings. The molecule has 1 amide bonds. The Bertz CT molecular complexity index is 1120. The molecule has 0 unspecified atom stereocenters. The van der Waals surface area contributed by atoms with E-state index >= 15 is 0 Å². The molecule has 0 saturated heterocycles. The maximum atomic E-state index is 12.6. The van der Waals surface area contributed by atoms with Crippen molar-refractivity contribution in [1.82, 2.24) is 5.32 Å². The van der Waals surface area contributed by atoms with Gasteiger partial charge in [-0.05, 0) is 105 Å². The number of hydrogen-bond acceptors (Lipinski definition) is 3. The van der Waals surface area contributed by atoms with Gasteiger partial charge in [0.25, 0.3) is 0 Å². The number of nitrogens with zero attached hydrogens (tertiary/aromatic N) is 1. The van der Waals surface area contributed by atoms with Crippen LogP contribution in [0.25, 0.3) is 0 Å². The molecule has 35 heavy (non-hydrogen) atoms. The second-order valence-corrected chi connectivity index (χ2v) is 13.4. The standard InChI is InChI=1S/C29H38N2O3S/c1-21-5-7-22(8-6-21)4-3-13-30-28(32)20-31(35(2,33)34)27-11-9-26(10-12-27)29-17-23-14-24(18-29)16-25(15-23)19-29/h5-12,23-25H,3-4,13-20H2,1-2H3,(H,30,32). The van der Waals surface area contributed by atoms with Gasteiger partial charge in [-0.15, -0.1) is 0 Å². The average molecular weight is 495 g/mol. The first-order valence-corrected chi connectivity index (χ1v) is 15.0. The summed E-state index contributed by atoms with van der Waals surface area (Å²) >= 11 is 0. The van der Waals surface area contributed by atoms with E-state index in [-0.39, 0.29) is 17.9 Å². The smallest absolute Gasteiger partial charge is 0.240 e. The Labute approximate surface area is 210 Å². The lowest BCUT2D eigenvalue weighted by atomic mass is 9.48. The maximum absolute atomic E-state index is 12.6. The highest BCUT2D eigenvalue weighted by atomic mass is 32.2. The van der Waals surface area contributed by atoms with Crippen molar-refractivity contribution in [2.45, 2.75) is 63.7 Å². The summed E-state index contributed by atoms with van der Waals surface area (Å²) in [6, 6.07) is 16.4. The van der Waals surface area contributed by atoms with Gasteiger partial charge in [0.15, 0.2) is 0 Å². The molecule has 0 heterocycles. The molecular formula is C29H38N2O3S. The van der Waals surface area contributed by atoms with E-state index in [1.54, 1.807) is 0 Å². The molecule has 0 radical (unpaired) electrons. The van der Waals surface area contributed by atoms with Crippen LogP contribution in [-0.2, 0) is 26.7 Å². The highest BCUT2D eigenvalue weighted by Crippen LogP contribution is 2.60. The van der Waals surface area contributed by atoms with Gasteiger partial charge in [0.05, 0.1) is 11.9 Å². The molecule has 0 atom stereocenters. The van der Waals surface area contributed by atoms with Gasteiger partial charge < -0.3 is 5.32 Å². The van der Waals surface area contributed by atoms with E-state index in [4.69, 9.17) is 0 Å². The molecule has 6 heteroatoms. The SMILES string of the molecule is Cc1ccc(CCCNC(=O)CN(c2ccc(C34CC5CC(CC(C5)C3)C4)cc2)S(C)(=O)=O)cc1. The third-order valence-corrected chi connectivity index (χ3v) is 9.72. The molecule has 4 saturated carbocycles. The van der Waals surface area contributed by atoms with Crippen LogP contribution in [0.15, 0.2) is 48.5 Å². The molecule has 4 aliphatic carbocycles. The van der Waals surface area contributed by atoms with Crippen LogP contribution in [0.2, 0.25) is 0 Å². The molecule has 4 bridgehead atoms. The Kier molecular flexibility index (Phi) is 6.69. The highest BCUT2D eigenvalue weighted by Gasteiger charge is 2.51. The number of nitrogens with one attached hydrogen (secondary N) is 1. The molecule has 5 nitrogen and oxygen atoms in total. The summed E-state index contributed by atoms with van der Waals surface area (Å²) in [6.07, 6.45) is 10.9. The highest BCUT2D eigenvalue weighted by molar-refractivity contribution is 7.92. The number of anilines is 1. The maximum Gasteiger partial charge on any atom is 0.240 e. The molecule has 2 aromatic carbocycles. The van der Waals surface area contributed by atoms with Gasteiger partial charge >= 0.3 is 0 Å². The zero-order chi connectivity index (χ0) is 24.6. The Balaban J connectivity index is 1.20. The Morgan fingerprint density at radius 3 is 2.06 bits per heavy atom. The van der Waals surface area contributed by atoms with Crippen LogP contribution in [0.1, 0.15) is 61.6 Å². The van der Waals surface area contributed by atoms with Crippen LogP contribution in [0, 0.1) is 24.7 Å². The summed E-state index contributed by atoms with van der Waals surface area (Å²) < 4.78 is 26.4. The summed E-state index contributed by atoms with van der Waals surface area (Å²) in [4.78, 5) is 12.6. The average Bonchev–Trinajstić information content (AvgIpc) is 2.80. The van der Waals surface area contributed by atoms with Crippen molar-refractivity contribution in [3.63, 3.8) is 0 Å². The number of carbonyl (C=O) groups is 1. The molecule has 0 aromatic heterocycles. The fraction of sp³-hybridized carbons (Fsp3) is 0.552. The topological polar surface area (TPSA) is 66.5 Å². The second kappa shape index (κ2) is 9.61. The lowest BCUT2D eigenvalue weighted by Crippen LogP contribution is -2.48. The summed E-state index contributed by atoms with van der Waals surface area (Å²) in [7, 11) is -3.58. The Morgan fingerprint density at radius 2 is 1.51 bits per heavy atom. The van der Waals surface area contributed by atoms with Crippen LogP contribution in [0.5, 0.6) is 0 Å². The van der Waals surface area contributed by atoms with Crippen molar-refractivity contribution in [2.24, 2.45) is 17.8 Å². The van der Waals surface area contributed by atoms with Gasteiger partial charge in [-0.2, -0.15) is 0 Å². The minimum absolute atomic E-state index is 0.194. The van der Waals surface area contributed by atoms with Crippen LogP contribution in [0.3, 0.4) is 0 Å². The molecule has 1 N–H and O–H groups in total. The van der Waals surface area contributed by atoms with Gasteiger partial charge in [-0.3, -0.25) is 9.10 Å². The van der Waals surface area contributed by atoms with E-state index in [9.17, 15) is 13.2 Å². The third-order valence-electron chi connectivity index (χ3n) is 8.58. The second-order valence-electron chi connectivity index (χ2n) is 11.5. The van der Waals surface area contributed by atoms with Crippen molar-refractivity contribution < 1.29 is 13.2 Å². The lowest BCUT2D eigenvalue weighted by molar-refractivity contribution is -0.119. The Hall–Kier alpha value is -2.34. The number of rotatable bonds is 9. The number of hydrogen-bond donors (Lipinski definition) is 1. The number of sulfonamides is 1. The van der Waals surface area contributed by atoms with E-state index in [1.807, 2.05) is 12.1 Å². The zero-order valence-electron chi connectivity index (χ0n) is 21.0. The van der Waals surface area contributed by atoms with Gasteiger partial charge in [0.1, 0.15) is 6.54 Å². The van der Waals surface area contributed by atoms with Gasteiger partial charge in [-0.1, -0.05) is 42.0 Å². The van der Waals surface area contributed by atoms with Crippen molar-refractivity contribution in [1.29, 1.82) is 0 Å². The minimum atomic E-state index is -3.58. The van der Waals surface area contributed by atoms with Crippen LogP contribution >= 0.6 is 0 Å². The predicted octanol–water partition coefficient (Wildman–Crippen LogP) is 4.98. The van der Waals surface area contributed by atoms with Crippen molar-refractivity contribution in [3.05, 3.63) is 65.2 Å². The van der Waals surface area contributed by atoms with E-state index < -0.39 is 10.0 Å². The van der Waals surface area contributed by atoms with Gasteiger partial charge in [0.2, 0.25) is 15.9 Å². The van der Waals surface area contributed by atoms with Crippen molar-refractivity contribution in [3.8, 4) is 0 Å². The van der Waals surface area contributed by atoms with E-state index in [1.165, 1.54) is 65.8 Å². The largest absolute Gasteiger partial charge is 0.355 e. The quantitative estimate of drug-likeness (QED) is 0.500. The normalized spacial score (nSPS) is 27.1. The predicted molar refractivity (Wildman–Crippen MR) is 141 cm³/mol. The first-order valence-electron chi connectivity index (χ1n) is 13.1. The first kappa shape index (κ1) is 24.4. The fourth-order valence-corrected chi connectivity index (χ4v) is 8.16. The van der Waals surface area contributed by atoms with Gasteiger partial charge in [-0.25, -0.2) is 8.42 Å². The molecular weight excluding hydrogens is 456 g/mol. The molecule has 4 aliphatic rings. The number of benzene rings is 2. The monoisotopic (exact) mass is 494 g/mol. The summed E-state index contributed by atoms with van der Waals surface area (Å²) in [5, 5.41) is 2.89. The fourth-order valence-electron chi connectivity index (χ4n) is 7.31. The van der Waals surface area contributed by atoms with Crippen LogP contribution < -0.4 is 9.62 Å². The first-order chi connectivity index (χ1) is 16.7. The van der Waals surface area contributed by atoms with Crippen LogP contribution in [-0.4, -0.2) is 33.7 Å². The van der Waals surface area contributed by atoms with Crippen molar-refractivity contribution >= 4 is 21.6 Å². The lowest BCUT2D eigenvalue weighted by Gasteiger charge is -2.57. The molecule has 0 spiro atoms. The van der Waals surface area contributed by atoms with E-state index in [0.29, 0.717) is 12.2 Å².